The van der Waals surface area contributed by atoms with Crippen molar-refractivity contribution in [2.45, 2.75) is 18.7 Å². The maximum Gasteiger partial charge on any atom is 0.329 e. The van der Waals surface area contributed by atoms with Crippen molar-refractivity contribution in [2.75, 3.05) is 30.4 Å². The van der Waals surface area contributed by atoms with Crippen LogP contribution in [0.1, 0.15) is 17.5 Å². The van der Waals surface area contributed by atoms with Gasteiger partial charge in [0.1, 0.15) is 0 Å². The molecule has 0 radical (unpaired) electrons. The van der Waals surface area contributed by atoms with Crippen LogP contribution in [0.15, 0.2) is 72.8 Å². The van der Waals surface area contributed by atoms with E-state index >= 15 is 0 Å². The second-order valence-corrected chi connectivity index (χ2v) is 9.23. The Morgan fingerprint density at radius 1 is 1.06 bits per heavy atom. The van der Waals surface area contributed by atoms with Gasteiger partial charge in [-0.25, -0.2) is 4.79 Å². The zero-order valence-corrected chi connectivity index (χ0v) is 20.7. The third-order valence-corrected chi connectivity index (χ3v) is 6.59. The van der Waals surface area contributed by atoms with Crippen molar-refractivity contribution in [3.05, 3.63) is 94.0 Å². The number of halogens is 2. The lowest BCUT2D eigenvalue weighted by Gasteiger charge is -2.42. The molecule has 1 aliphatic heterocycles. The number of aliphatic hydroxyl groups is 1. The fourth-order valence-corrected chi connectivity index (χ4v) is 4.43. The molecule has 0 spiro atoms. The van der Waals surface area contributed by atoms with E-state index in [0.29, 0.717) is 23.7 Å². The Kier molecular flexibility index (Phi) is 7.62. The van der Waals surface area contributed by atoms with Gasteiger partial charge in [0, 0.05) is 18.7 Å². The molecule has 0 bridgehead atoms. The summed E-state index contributed by atoms with van der Waals surface area (Å²) in [4.78, 5) is 29.7. The van der Waals surface area contributed by atoms with E-state index in [2.05, 4.69) is 27.7 Å². The van der Waals surface area contributed by atoms with Crippen molar-refractivity contribution in [1.82, 2.24) is 10.2 Å². The topological polar surface area (TPSA) is 84.9 Å². The maximum absolute atomic E-state index is 13.4. The number of anilines is 2. The predicted molar refractivity (Wildman–Crippen MR) is 139 cm³/mol. The van der Waals surface area contributed by atoms with E-state index in [0.717, 1.165) is 18.0 Å². The molecular formula is C26H26Cl2N4O3. The van der Waals surface area contributed by atoms with Crippen LogP contribution in [0.5, 0.6) is 0 Å². The van der Waals surface area contributed by atoms with Gasteiger partial charge in [-0.05, 0) is 49.8 Å². The van der Waals surface area contributed by atoms with Gasteiger partial charge in [-0.2, -0.15) is 0 Å². The monoisotopic (exact) mass is 512 g/mol. The number of carbonyl (C=O) groups excluding carboxylic acids is 2. The Morgan fingerprint density at radius 2 is 1.77 bits per heavy atom. The van der Waals surface area contributed by atoms with Crippen LogP contribution in [0, 0.1) is 0 Å². The molecule has 4 rings (SSSR count). The first-order valence-corrected chi connectivity index (χ1v) is 11.9. The van der Waals surface area contributed by atoms with Crippen LogP contribution in [-0.2, 0) is 17.1 Å². The van der Waals surface area contributed by atoms with Crippen LogP contribution < -0.4 is 15.5 Å². The van der Waals surface area contributed by atoms with Crippen LogP contribution in [0.2, 0.25) is 10.0 Å². The fraction of sp³-hybridized carbons (Fsp3) is 0.231. The minimum Gasteiger partial charge on any atom is -0.359 e. The van der Waals surface area contributed by atoms with Gasteiger partial charge in [0.2, 0.25) is 0 Å². The van der Waals surface area contributed by atoms with E-state index in [-0.39, 0.29) is 16.3 Å². The SMILES string of the molecule is CN(CCCNC(=O)[C@]1(O)c2ccccc2NC(=O)N1c1ccc(Cl)c(Cl)c1)Cc1ccccc1. The molecule has 1 atom stereocenters. The molecule has 7 nitrogen and oxygen atoms in total. The Labute approximate surface area is 214 Å². The number of hydrogen-bond donors (Lipinski definition) is 3. The first-order valence-electron chi connectivity index (χ1n) is 11.2. The molecular weight excluding hydrogens is 487 g/mol. The molecule has 0 saturated carbocycles. The number of urea groups is 1. The Morgan fingerprint density at radius 3 is 2.51 bits per heavy atom. The molecule has 0 unspecified atom stereocenters. The van der Waals surface area contributed by atoms with Gasteiger partial charge in [-0.15, -0.1) is 0 Å². The third-order valence-electron chi connectivity index (χ3n) is 5.85. The van der Waals surface area contributed by atoms with Crippen molar-refractivity contribution in [3.63, 3.8) is 0 Å². The zero-order chi connectivity index (χ0) is 25.0. The van der Waals surface area contributed by atoms with Gasteiger partial charge in [0.15, 0.2) is 0 Å². The molecule has 3 aromatic carbocycles. The number of amides is 3. The van der Waals surface area contributed by atoms with E-state index in [1.54, 1.807) is 24.3 Å². The van der Waals surface area contributed by atoms with Crippen LogP contribution in [-0.4, -0.2) is 42.1 Å². The van der Waals surface area contributed by atoms with E-state index in [4.69, 9.17) is 23.2 Å². The maximum atomic E-state index is 13.4. The highest BCUT2D eigenvalue weighted by Gasteiger charge is 2.51. The van der Waals surface area contributed by atoms with E-state index in [9.17, 15) is 14.7 Å². The summed E-state index contributed by atoms with van der Waals surface area (Å²) in [7, 11) is 2.01. The van der Waals surface area contributed by atoms with Gasteiger partial charge in [0.05, 0.1) is 21.4 Å². The third kappa shape index (κ3) is 5.28. The van der Waals surface area contributed by atoms with Gasteiger partial charge < -0.3 is 20.6 Å². The van der Waals surface area contributed by atoms with Gasteiger partial charge in [-0.1, -0.05) is 71.7 Å². The van der Waals surface area contributed by atoms with Gasteiger partial charge >= 0.3 is 6.03 Å². The summed E-state index contributed by atoms with van der Waals surface area (Å²) in [6.07, 6.45) is 0.659. The highest BCUT2D eigenvalue weighted by molar-refractivity contribution is 6.42. The fourth-order valence-electron chi connectivity index (χ4n) is 4.13. The van der Waals surface area contributed by atoms with Crippen molar-refractivity contribution in [3.8, 4) is 0 Å². The Hall–Kier alpha value is -3.10. The summed E-state index contributed by atoms with van der Waals surface area (Å²) in [5.74, 6) is -0.711. The molecule has 1 heterocycles. The van der Waals surface area contributed by atoms with E-state index < -0.39 is 17.7 Å². The smallest absolute Gasteiger partial charge is 0.329 e. The average molecular weight is 513 g/mol. The summed E-state index contributed by atoms with van der Waals surface area (Å²) in [5.41, 5.74) is -0.244. The standard InChI is InChI=1S/C26H26Cl2N4O3/c1-31(17-18-8-3-2-4-9-18)15-7-14-29-24(33)26(35)20-10-5-6-11-23(20)30-25(34)32(26)19-12-13-21(27)22(28)16-19/h2-6,8-13,16,35H,7,14-15,17H2,1H3,(H,29,33)(H,30,34)/t26-/m1/s1. The molecule has 1 aliphatic rings. The lowest BCUT2D eigenvalue weighted by atomic mass is 9.94. The second-order valence-electron chi connectivity index (χ2n) is 8.41. The summed E-state index contributed by atoms with van der Waals surface area (Å²) in [5, 5.41) is 17.8. The molecule has 182 valence electrons. The number of carbonyl (C=O) groups is 2. The lowest BCUT2D eigenvalue weighted by Crippen LogP contribution is -2.62. The second kappa shape index (κ2) is 10.7. The highest BCUT2D eigenvalue weighted by atomic mass is 35.5. The van der Waals surface area contributed by atoms with Crippen molar-refractivity contribution in [2.24, 2.45) is 0 Å². The van der Waals surface area contributed by atoms with Crippen molar-refractivity contribution >= 4 is 46.5 Å². The molecule has 0 aliphatic carbocycles. The Bertz CT molecular complexity index is 1220. The predicted octanol–water partition coefficient (Wildman–Crippen LogP) is 4.83. The summed E-state index contributed by atoms with van der Waals surface area (Å²) >= 11 is 12.2. The van der Waals surface area contributed by atoms with Crippen molar-refractivity contribution in [1.29, 1.82) is 0 Å². The number of benzene rings is 3. The largest absolute Gasteiger partial charge is 0.359 e. The molecule has 0 aromatic heterocycles. The minimum absolute atomic E-state index is 0.194. The summed E-state index contributed by atoms with van der Waals surface area (Å²) in [6, 6.07) is 20.6. The molecule has 0 fully saturated rings. The number of hydrogen-bond acceptors (Lipinski definition) is 4. The number of nitrogens with one attached hydrogen (secondary N) is 2. The lowest BCUT2D eigenvalue weighted by molar-refractivity contribution is -0.140. The van der Waals surface area contributed by atoms with E-state index in [1.165, 1.54) is 23.8 Å². The molecule has 35 heavy (non-hydrogen) atoms. The zero-order valence-electron chi connectivity index (χ0n) is 19.2. The summed E-state index contributed by atoms with van der Waals surface area (Å²) < 4.78 is 0. The first kappa shape index (κ1) is 25.0. The molecule has 0 saturated heterocycles. The number of para-hydroxylation sites is 1. The van der Waals surface area contributed by atoms with Crippen molar-refractivity contribution < 1.29 is 14.7 Å². The summed E-state index contributed by atoms with van der Waals surface area (Å²) in [6.45, 7) is 1.85. The number of rotatable bonds is 8. The average Bonchev–Trinajstić information content (AvgIpc) is 2.84. The Balaban J connectivity index is 1.51. The quantitative estimate of drug-likeness (QED) is 0.377. The molecule has 3 aromatic rings. The van der Waals surface area contributed by atoms with Crippen LogP contribution in [0.25, 0.3) is 0 Å². The highest BCUT2D eigenvalue weighted by Crippen LogP contribution is 2.41. The molecule has 9 heteroatoms. The van der Waals surface area contributed by atoms with Gasteiger partial charge in [0.25, 0.3) is 11.6 Å². The van der Waals surface area contributed by atoms with Crippen LogP contribution in [0.4, 0.5) is 16.2 Å². The molecule has 3 amide bonds. The first-order chi connectivity index (χ1) is 16.8. The number of fused-ring (bicyclic) bond motifs is 1. The molecule has 3 N–H and O–H groups in total. The van der Waals surface area contributed by atoms with Crippen LogP contribution in [0.3, 0.4) is 0 Å². The minimum atomic E-state index is -2.29. The van der Waals surface area contributed by atoms with Crippen LogP contribution >= 0.6 is 23.2 Å². The normalized spacial score (nSPS) is 17.2. The van der Waals surface area contributed by atoms with E-state index in [1.807, 2.05) is 25.2 Å². The number of nitrogens with zero attached hydrogens (tertiary/aromatic N) is 2. The van der Waals surface area contributed by atoms with Gasteiger partial charge in [-0.3, -0.25) is 9.69 Å².